The maximum atomic E-state index is 12.1. The number of carbonyl (C=O) groups excluding carboxylic acids is 1. The number of hydrogen-bond donors (Lipinski definition) is 0. The molecule has 0 fully saturated rings. The van der Waals surface area contributed by atoms with Crippen molar-refractivity contribution in [1.29, 1.82) is 5.26 Å². The van der Waals surface area contributed by atoms with Crippen molar-refractivity contribution in [2.75, 3.05) is 20.2 Å². The first-order valence-corrected chi connectivity index (χ1v) is 6.95. The van der Waals surface area contributed by atoms with E-state index in [0.717, 1.165) is 0 Å². The molecule has 1 amide bonds. The van der Waals surface area contributed by atoms with Gasteiger partial charge in [-0.25, -0.2) is 0 Å². The molecule has 1 atom stereocenters. The van der Waals surface area contributed by atoms with Crippen LogP contribution >= 0.6 is 11.6 Å². The molecule has 0 aliphatic rings. The normalized spacial score (nSPS) is 11.6. The Bertz CT molecular complexity index is 507. The number of halogens is 1. The molecule has 0 saturated heterocycles. The van der Waals surface area contributed by atoms with Gasteiger partial charge in [-0.15, -0.1) is 0 Å². The minimum absolute atomic E-state index is 0.0384. The van der Waals surface area contributed by atoms with Crippen molar-refractivity contribution >= 4 is 17.5 Å². The van der Waals surface area contributed by atoms with Crippen molar-refractivity contribution in [2.24, 2.45) is 0 Å². The molecule has 0 aliphatic heterocycles. The second-order valence-electron chi connectivity index (χ2n) is 4.34. The summed E-state index contributed by atoms with van der Waals surface area (Å²) in [7, 11) is 1.54. The van der Waals surface area contributed by atoms with Crippen LogP contribution in [-0.4, -0.2) is 31.0 Å². The van der Waals surface area contributed by atoms with Crippen molar-refractivity contribution in [3.05, 3.63) is 28.8 Å². The zero-order valence-corrected chi connectivity index (χ0v) is 12.8. The molecule has 5 heteroatoms. The molecule has 0 spiro atoms. The van der Waals surface area contributed by atoms with Gasteiger partial charge in [-0.1, -0.05) is 11.6 Å². The number of ether oxygens (including phenoxy) is 1. The van der Waals surface area contributed by atoms with Gasteiger partial charge in [0.1, 0.15) is 5.75 Å². The molecule has 20 heavy (non-hydrogen) atoms. The van der Waals surface area contributed by atoms with Crippen LogP contribution in [0.4, 0.5) is 0 Å². The van der Waals surface area contributed by atoms with Crippen molar-refractivity contribution in [1.82, 2.24) is 4.90 Å². The molecular formula is C15H19ClN2O2. The van der Waals surface area contributed by atoms with Gasteiger partial charge in [-0.3, -0.25) is 4.79 Å². The average molecular weight is 295 g/mol. The first-order chi connectivity index (χ1) is 9.57. The van der Waals surface area contributed by atoms with Gasteiger partial charge in [-0.05, 0) is 32.0 Å². The molecule has 1 aromatic rings. The number of carbonyl (C=O) groups is 1. The molecule has 1 rings (SSSR count). The third-order valence-electron chi connectivity index (χ3n) is 3.22. The lowest BCUT2D eigenvalue weighted by atomic mass is 9.95. The van der Waals surface area contributed by atoms with Gasteiger partial charge in [0.25, 0.3) is 0 Å². The Labute approximate surface area is 124 Å². The van der Waals surface area contributed by atoms with Gasteiger partial charge in [0, 0.05) is 30.1 Å². The number of rotatable bonds is 6. The summed E-state index contributed by atoms with van der Waals surface area (Å²) < 4.78 is 5.24. The minimum Gasteiger partial charge on any atom is -0.496 e. The molecule has 0 saturated carbocycles. The van der Waals surface area contributed by atoms with E-state index in [2.05, 4.69) is 6.07 Å². The number of nitriles is 1. The van der Waals surface area contributed by atoms with Gasteiger partial charge >= 0.3 is 0 Å². The third kappa shape index (κ3) is 3.88. The summed E-state index contributed by atoms with van der Waals surface area (Å²) in [5.74, 6) is -0.0198. The summed E-state index contributed by atoms with van der Waals surface area (Å²) >= 11 is 5.97. The highest BCUT2D eigenvalue weighted by atomic mass is 35.5. The van der Waals surface area contributed by atoms with Gasteiger partial charge in [-0.2, -0.15) is 5.26 Å². The molecule has 0 aromatic heterocycles. The highest BCUT2D eigenvalue weighted by Crippen LogP contribution is 2.31. The Morgan fingerprint density at radius 2 is 2.10 bits per heavy atom. The Kier molecular flexibility index (Phi) is 6.33. The summed E-state index contributed by atoms with van der Waals surface area (Å²) in [5, 5.41) is 9.87. The van der Waals surface area contributed by atoms with Crippen LogP contribution < -0.4 is 4.74 Å². The summed E-state index contributed by atoms with van der Waals surface area (Å²) in [4.78, 5) is 13.8. The maximum Gasteiger partial charge on any atom is 0.224 e. The van der Waals surface area contributed by atoms with Crippen LogP contribution in [-0.2, 0) is 4.79 Å². The molecular weight excluding hydrogens is 276 g/mol. The largest absolute Gasteiger partial charge is 0.496 e. The van der Waals surface area contributed by atoms with E-state index in [4.69, 9.17) is 16.3 Å². The molecule has 0 aliphatic carbocycles. The maximum absolute atomic E-state index is 12.1. The van der Waals surface area contributed by atoms with Crippen molar-refractivity contribution in [3.63, 3.8) is 0 Å². The van der Waals surface area contributed by atoms with Gasteiger partial charge in [0.05, 0.1) is 19.1 Å². The van der Waals surface area contributed by atoms with Gasteiger partial charge in [0.15, 0.2) is 0 Å². The molecule has 108 valence electrons. The molecule has 0 radical (unpaired) electrons. The van der Waals surface area contributed by atoms with E-state index in [1.165, 1.54) is 7.11 Å². The molecule has 1 unspecified atom stereocenters. The Morgan fingerprint density at radius 1 is 1.45 bits per heavy atom. The molecule has 0 bridgehead atoms. The SMILES string of the molecule is CCN(CC)C(=O)CC(C#N)c1cc(Cl)ccc1OC. The Morgan fingerprint density at radius 3 is 2.60 bits per heavy atom. The number of benzene rings is 1. The smallest absolute Gasteiger partial charge is 0.224 e. The molecule has 1 aromatic carbocycles. The van der Waals surface area contributed by atoms with Crippen LogP contribution in [0.2, 0.25) is 5.02 Å². The van der Waals surface area contributed by atoms with Gasteiger partial charge in [0.2, 0.25) is 5.91 Å². The zero-order chi connectivity index (χ0) is 15.1. The highest BCUT2D eigenvalue weighted by Gasteiger charge is 2.22. The fourth-order valence-electron chi connectivity index (χ4n) is 2.08. The van der Waals surface area contributed by atoms with E-state index in [1.54, 1.807) is 23.1 Å². The van der Waals surface area contributed by atoms with E-state index >= 15 is 0 Å². The third-order valence-corrected chi connectivity index (χ3v) is 3.45. The quantitative estimate of drug-likeness (QED) is 0.809. The van der Waals surface area contributed by atoms with E-state index in [9.17, 15) is 10.1 Å². The second-order valence-corrected chi connectivity index (χ2v) is 4.77. The number of amides is 1. The first-order valence-electron chi connectivity index (χ1n) is 6.58. The summed E-state index contributed by atoms with van der Waals surface area (Å²) in [5.41, 5.74) is 0.656. The topological polar surface area (TPSA) is 53.3 Å². The fraction of sp³-hybridized carbons (Fsp3) is 0.467. The molecule has 0 N–H and O–H groups in total. The standard InChI is InChI=1S/C15H19ClN2O2/c1-4-18(5-2)15(19)8-11(10-17)13-9-12(16)6-7-14(13)20-3/h6-7,9,11H,4-5,8H2,1-3H3. The predicted octanol–water partition coefficient (Wildman–Crippen LogP) is 3.21. The number of hydrogen-bond acceptors (Lipinski definition) is 3. The number of methoxy groups -OCH3 is 1. The van der Waals surface area contributed by atoms with Crippen LogP contribution in [0.15, 0.2) is 18.2 Å². The van der Waals surface area contributed by atoms with Crippen LogP contribution in [0, 0.1) is 11.3 Å². The lowest BCUT2D eigenvalue weighted by Crippen LogP contribution is -2.31. The van der Waals surface area contributed by atoms with Crippen LogP contribution in [0.3, 0.4) is 0 Å². The van der Waals surface area contributed by atoms with E-state index in [0.29, 0.717) is 29.4 Å². The lowest BCUT2D eigenvalue weighted by Gasteiger charge is -2.21. The minimum atomic E-state index is -0.559. The summed E-state index contributed by atoms with van der Waals surface area (Å²) in [6.45, 7) is 5.12. The summed E-state index contributed by atoms with van der Waals surface area (Å²) in [6, 6.07) is 7.26. The second kappa shape index (κ2) is 7.76. The fourth-order valence-corrected chi connectivity index (χ4v) is 2.26. The van der Waals surface area contributed by atoms with Gasteiger partial charge < -0.3 is 9.64 Å². The summed E-state index contributed by atoms with van der Waals surface area (Å²) in [6.07, 6.45) is 0.134. The van der Waals surface area contributed by atoms with Crippen LogP contribution in [0.5, 0.6) is 5.75 Å². The van der Waals surface area contributed by atoms with E-state index in [1.807, 2.05) is 13.8 Å². The molecule has 4 nitrogen and oxygen atoms in total. The monoisotopic (exact) mass is 294 g/mol. The van der Waals surface area contributed by atoms with E-state index in [-0.39, 0.29) is 12.3 Å². The number of nitrogens with zero attached hydrogens (tertiary/aromatic N) is 2. The first kappa shape index (κ1) is 16.3. The van der Waals surface area contributed by atoms with Crippen molar-refractivity contribution in [2.45, 2.75) is 26.2 Å². The lowest BCUT2D eigenvalue weighted by molar-refractivity contribution is -0.130. The van der Waals surface area contributed by atoms with Crippen molar-refractivity contribution < 1.29 is 9.53 Å². The van der Waals surface area contributed by atoms with Crippen LogP contribution in [0.25, 0.3) is 0 Å². The van der Waals surface area contributed by atoms with Crippen LogP contribution in [0.1, 0.15) is 31.7 Å². The molecule has 0 heterocycles. The predicted molar refractivity (Wildman–Crippen MR) is 78.9 cm³/mol. The Balaban J connectivity index is 3.00. The Hall–Kier alpha value is -1.73. The average Bonchev–Trinajstić information content (AvgIpc) is 2.46. The van der Waals surface area contributed by atoms with E-state index < -0.39 is 5.92 Å². The highest BCUT2D eigenvalue weighted by molar-refractivity contribution is 6.30. The van der Waals surface area contributed by atoms with Crippen molar-refractivity contribution in [3.8, 4) is 11.8 Å². The zero-order valence-electron chi connectivity index (χ0n) is 12.0.